The van der Waals surface area contributed by atoms with Crippen molar-refractivity contribution in [3.63, 3.8) is 0 Å². The lowest BCUT2D eigenvalue weighted by molar-refractivity contribution is -0.138. The van der Waals surface area contributed by atoms with Crippen molar-refractivity contribution in [3.05, 3.63) is 59.7 Å². The molecular formula is C19H18F3NO3. The maximum Gasteiger partial charge on any atom is 0.416 e. The van der Waals surface area contributed by atoms with Gasteiger partial charge in [0.25, 0.3) is 0 Å². The SMILES string of the molecule is CN(CC1COc2ccccc2O1)C(=O)Cc1cccc(C(F)(F)F)c1. The van der Waals surface area contributed by atoms with E-state index in [1.807, 2.05) is 12.1 Å². The lowest BCUT2D eigenvalue weighted by atomic mass is 10.1. The summed E-state index contributed by atoms with van der Waals surface area (Å²) in [6.45, 7) is 0.588. The van der Waals surface area contributed by atoms with E-state index in [1.165, 1.54) is 17.0 Å². The second-order valence-corrected chi connectivity index (χ2v) is 6.15. The number of likely N-dealkylation sites (N-methyl/N-ethyl adjacent to an activating group) is 1. The lowest BCUT2D eigenvalue weighted by Crippen LogP contribution is -2.42. The zero-order valence-electron chi connectivity index (χ0n) is 14.1. The summed E-state index contributed by atoms with van der Waals surface area (Å²) in [6, 6.07) is 12.1. The highest BCUT2D eigenvalue weighted by atomic mass is 19.4. The second-order valence-electron chi connectivity index (χ2n) is 6.15. The van der Waals surface area contributed by atoms with E-state index in [1.54, 1.807) is 19.2 Å². The van der Waals surface area contributed by atoms with Crippen LogP contribution >= 0.6 is 0 Å². The highest BCUT2D eigenvalue weighted by Crippen LogP contribution is 2.31. The highest BCUT2D eigenvalue weighted by molar-refractivity contribution is 5.78. The average molecular weight is 365 g/mol. The van der Waals surface area contributed by atoms with Crippen LogP contribution in [0.2, 0.25) is 0 Å². The van der Waals surface area contributed by atoms with Crippen molar-refractivity contribution in [1.29, 1.82) is 0 Å². The van der Waals surface area contributed by atoms with Gasteiger partial charge in [-0.15, -0.1) is 0 Å². The Morgan fingerprint density at radius 1 is 1.15 bits per heavy atom. The molecule has 1 heterocycles. The molecule has 2 aromatic rings. The second kappa shape index (κ2) is 7.27. The zero-order chi connectivity index (χ0) is 18.7. The van der Waals surface area contributed by atoms with Crippen LogP contribution in [0.1, 0.15) is 11.1 Å². The van der Waals surface area contributed by atoms with Crippen LogP contribution in [-0.4, -0.2) is 37.1 Å². The van der Waals surface area contributed by atoms with Gasteiger partial charge in [0.1, 0.15) is 6.61 Å². The van der Waals surface area contributed by atoms with Gasteiger partial charge in [-0.05, 0) is 23.8 Å². The molecule has 26 heavy (non-hydrogen) atoms. The summed E-state index contributed by atoms with van der Waals surface area (Å²) in [4.78, 5) is 13.8. The summed E-state index contributed by atoms with van der Waals surface area (Å²) in [5.41, 5.74) is -0.436. The molecule has 0 saturated carbocycles. The number of rotatable bonds is 4. The molecule has 4 nitrogen and oxygen atoms in total. The van der Waals surface area contributed by atoms with Crippen molar-refractivity contribution in [2.45, 2.75) is 18.7 Å². The number of amides is 1. The van der Waals surface area contributed by atoms with E-state index in [-0.39, 0.29) is 25.0 Å². The molecule has 7 heteroatoms. The first-order valence-corrected chi connectivity index (χ1v) is 8.11. The molecule has 3 rings (SSSR count). The Bertz CT molecular complexity index is 792. The standard InChI is InChI=1S/C19H18F3NO3/c1-23(11-15-12-25-16-7-2-3-8-17(16)26-15)18(24)10-13-5-4-6-14(9-13)19(20,21)22/h2-9,15H,10-12H2,1H3. The van der Waals surface area contributed by atoms with Crippen LogP contribution in [0.4, 0.5) is 13.2 Å². The molecule has 0 aliphatic carbocycles. The van der Waals surface area contributed by atoms with Gasteiger partial charge in [0.15, 0.2) is 17.6 Å². The van der Waals surface area contributed by atoms with Gasteiger partial charge in [-0.2, -0.15) is 13.2 Å². The number of benzene rings is 2. The van der Waals surface area contributed by atoms with Gasteiger partial charge < -0.3 is 14.4 Å². The van der Waals surface area contributed by atoms with E-state index in [4.69, 9.17) is 9.47 Å². The van der Waals surface area contributed by atoms with Gasteiger partial charge in [-0.25, -0.2) is 0 Å². The molecular weight excluding hydrogens is 347 g/mol. The molecule has 0 radical (unpaired) electrons. The van der Waals surface area contributed by atoms with E-state index >= 15 is 0 Å². The summed E-state index contributed by atoms with van der Waals surface area (Å²) >= 11 is 0. The number of alkyl halides is 3. The summed E-state index contributed by atoms with van der Waals surface area (Å²) in [5.74, 6) is 0.982. The third-order valence-corrected chi connectivity index (χ3v) is 4.08. The zero-order valence-corrected chi connectivity index (χ0v) is 14.1. The fraction of sp³-hybridized carbons (Fsp3) is 0.316. The quantitative estimate of drug-likeness (QED) is 0.832. The number of carbonyl (C=O) groups is 1. The fourth-order valence-electron chi connectivity index (χ4n) is 2.73. The van der Waals surface area contributed by atoms with Gasteiger partial charge in [0, 0.05) is 7.05 Å². The van der Waals surface area contributed by atoms with Crippen molar-refractivity contribution in [2.75, 3.05) is 20.2 Å². The highest BCUT2D eigenvalue weighted by Gasteiger charge is 2.30. The van der Waals surface area contributed by atoms with Crippen molar-refractivity contribution in [1.82, 2.24) is 4.90 Å². The summed E-state index contributed by atoms with van der Waals surface area (Å²) in [7, 11) is 1.60. The molecule has 1 atom stereocenters. The van der Waals surface area contributed by atoms with Crippen LogP contribution in [0.3, 0.4) is 0 Å². The Morgan fingerprint density at radius 2 is 1.88 bits per heavy atom. The minimum atomic E-state index is -4.42. The smallest absolute Gasteiger partial charge is 0.416 e. The summed E-state index contributed by atoms with van der Waals surface area (Å²) in [6.07, 6.45) is -4.86. The van der Waals surface area contributed by atoms with E-state index in [9.17, 15) is 18.0 Å². The molecule has 1 unspecified atom stereocenters. The molecule has 1 aliphatic heterocycles. The molecule has 0 spiro atoms. The van der Waals surface area contributed by atoms with Gasteiger partial charge in [-0.3, -0.25) is 4.79 Å². The Labute approximate surface area is 149 Å². The lowest BCUT2D eigenvalue weighted by Gasteiger charge is -2.29. The Morgan fingerprint density at radius 3 is 2.62 bits per heavy atom. The van der Waals surface area contributed by atoms with E-state index in [0.717, 1.165) is 12.1 Å². The normalized spacial score (nSPS) is 16.2. The predicted molar refractivity (Wildman–Crippen MR) is 89.1 cm³/mol. The van der Waals surface area contributed by atoms with Gasteiger partial charge in [0.2, 0.25) is 5.91 Å². The summed E-state index contributed by atoms with van der Waals surface area (Å²) in [5, 5.41) is 0. The molecule has 0 bridgehead atoms. The number of hydrogen-bond donors (Lipinski definition) is 0. The Balaban J connectivity index is 1.59. The molecule has 1 amide bonds. The van der Waals surface area contributed by atoms with Crippen LogP contribution in [0, 0.1) is 0 Å². The number of nitrogens with zero attached hydrogens (tertiary/aromatic N) is 1. The van der Waals surface area contributed by atoms with E-state index in [0.29, 0.717) is 23.7 Å². The number of para-hydroxylation sites is 2. The maximum atomic E-state index is 12.8. The third-order valence-electron chi connectivity index (χ3n) is 4.08. The van der Waals surface area contributed by atoms with Crippen molar-refractivity contribution < 1.29 is 27.4 Å². The third kappa shape index (κ3) is 4.28. The molecule has 0 aromatic heterocycles. The van der Waals surface area contributed by atoms with Crippen LogP contribution < -0.4 is 9.47 Å². The van der Waals surface area contributed by atoms with Crippen LogP contribution in [-0.2, 0) is 17.4 Å². The Hall–Kier alpha value is -2.70. The first-order chi connectivity index (χ1) is 12.3. The van der Waals surface area contributed by atoms with E-state index < -0.39 is 11.7 Å². The van der Waals surface area contributed by atoms with Crippen LogP contribution in [0.15, 0.2) is 48.5 Å². The van der Waals surface area contributed by atoms with Gasteiger partial charge >= 0.3 is 6.18 Å². The van der Waals surface area contributed by atoms with E-state index in [2.05, 4.69) is 0 Å². The molecule has 0 saturated heterocycles. The largest absolute Gasteiger partial charge is 0.486 e. The first kappa shape index (κ1) is 18.1. The van der Waals surface area contributed by atoms with Crippen molar-refractivity contribution in [2.24, 2.45) is 0 Å². The topological polar surface area (TPSA) is 38.8 Å². The molecule has 2 aromatic carbocycles. The summed E-state index contributed by atoms with van der Waals surface area (Å²) < 4.78 is 49.7. The van der Waals surface area contributed by atoms with Crippen molar-refractivity contribution >= 4 is 5.91 Å². The number of fused-ring (bicyclic) bond motifs is 1. The number of hydrogen-bond acceptors (Lipinski definition) is 3. The minimum Gasteiger partial charge on any atom is -0.486 e. The van der Waals surface area contributed by atoms with Crippen LogP contribution in [0.25, 0.3) is 0 Å². The maximum absolute atomic E-state index is 12.8. The molecule has 0 fully saturated rings. The Kier molecular flexibility index (Phi) is 5.06. The predicted octanol–water partition coefficient (Wildman–Crippen LogP) is 3.55. The van der Waals surface area contributed by atoms with Gasteiger partial charge in [-0.1, -0.05) is 30.3 Å². The van der Waals surface area contributed by atoms with Gasteiger partial charge in [0.05, 0.1) is 18.5 Å². The average Bonchev–Trinajstić information content (AvgIpc) is 2.61. The number of halogens is 3. The minimum absolute atomic E-state index is 0.107. The molecule has 138 valence electrons. The first-order valence-electron chi connectivity index (χ1n) is 8.11. The molecule has 1 aliphatic rings. The monoisotopic (exact) mass is 365 g/mol. The van der Waals surface area contributed by atoms with Crippen molar-refractivity contribution in [3.8, 4) is 11.5 Å². The number of ether oxygens (including phenoxy) is 2. The fourth-order valence-corrected chi connectivity index (χ4v) is 2.73. The number of carbonyl (C=O) groups excluding carboxylic acids is 1. The van der Waals surface area contributed by atoms with Crippen LogP contribution in [0.5, 0.6) is 11.5 Å². The molecule has 0 N–H and O–H groups in total.